The van der Waals surface area contributed by atoms with Gasteiger partial charge in [0, 0.05) is 30.8 Å². The van der Waals surface area contributed by atoms with Crippen molar-refractivity contribution in [2.24, 2.45) is 7.05 Å². The Morgan fingerprint density at radius 2 is 2.00 bits per heavy atom. The summed E-state index contributed by atoms with van der Waals surface area (Å²) in [6, 6.07) is 3.80. The van der Waals surface area contributed by atoms with Gasteiger partial charge in [0.2, 0.25) is 0 Å². The maximum absolute atomic E-state index is 12.3. The van der Waals surface area contributed by atoms with E-state index in [0.29, 0.717) is 11.8 Å². The molecule has 2 aromatic heterocycles. The summed E-state index contributed by atoms with van der Waals surface area (Å²) >= 11 is 0. The summed E-state index contributed by atoms with van der Waals surface area (Å²) in [7, 11) is 2.04. The summed E-state index contributed by atoms with van der Waals surface area (Å²) in [5.74, 6) is 0.799. The highest BCUT2D eigenvalue weighted by atomic mass is 16.1. The first-order valence-electron chi connectivity index (χ1n) is 7.38. The highest BCUT2D eigenvalue weighted by Gasteiger charge is 2.20. The molecule has 3 rings (SSSR count). The van der Waals surface area contributed by atoms with Gasteiger partial charge in [-0.15, -0.1) is 0 Å². The summed E-state index contributed by atoms with van der Waals surface area (Å²) in [6.07, 6.45) is 2.18. The van der Waals surface area contributed by atoms with Crippen molar-refractivity contribution in [2.45, 2.75) is 38.5 Å². The molecule has 108 valence electrons. The third-order valence-electron chi connectivity index (χ3n) is 4.27. The standard InChI is InChI=1S/C15H22N4O/c1-10(2)12-8-14-18(3)13(9-15(20)19(14)17-12)11-4-6-16-7-5-11/h8-11,16H,4-7H2,1-3H3. The molecule has 0 aliphatic carbocycles. The van der Waals surface area contributed by atoms with Gasteiger partial charge in [0.05, 0.1) is 5.69 Å². The van der Waals surface area contributed by atoms with E-state index in [9.17, 15) is 4.79 Å². The van der Waals surface area contributed by atoms with Crippen molar-refractivity contribution in [3.05, 3.63) is 33.9 Å². The molecule has 1 aliphatic heterocycles. The molecule has 0 radical (unpaired) electrons. The summed E-state index contributed by atoms with van der Waals surface area (Å²) < 4.78 is 3.66. The average molecular weight is 274 g/mol. The van der Waals surface area contributed by atoms with Crippen molar-refractivity contribution < 1.29 is 0 Å². The third-order valence-corrected chi connectivity index (χ3v) is 4.27. The predicted molar refractivity (Wildman–Crippen MR) is 79.4 cm³/mol. The second kappa shape index (κ2) is 5.05. The average Bonchev–Trinajstić information content (AvgIpc) is 2.90. The number of aromatic nitrogens is 3. The van der Waals surface area contributed by atoms with E-state index in [2.05, 4.69) is 28.8 Å². The predicted octanol–water partition coefficient (Wildman–Crippen LogP) is 1.62. The van der Waals surface area contributed by atoms with Crippen LogP contribution in [0.3, 0.4) is 0 Å². The van der Waals surface area contributed by atoms with Gasteiger partial charge in [-0.05, 0) is 31.8 Å². The van der Waals surface area contributed by atoms with Crippen molar-refractivity contribution in [3.63, 3.8) is 0 Å². The molecule has 1 aliphatic rings. The number of fused-ring (bicyclic) bond motifs is 1. The molecule has 1 saturated heterocycles. The van der Waals surface area contributed by atoms with Crippen LogP contribution >= 0.6 is 0 Å². The van der Waals surface area contributed by atoms with Crippen LogP contribution in [0.15, 0.2) is 16.9 Å². The largest absolute Gasteiger partial charge is 0.333 e. The maximum Gasteiger partial charge on any atom is 0.274 e. The van der Waals surface area contributed by atoms with Crippen molar-refractivity contribution in [1.29, 1.82) is 0 Å². The lowest BCUT2D eigenvalue weighted by Crippen LogP contribution is -2.29. The smallest absolute Gasteiger partial charge is 0.274 e. The van der Waals surface area contributed by atoms with E-state index in [1.807, 2.05) is 13.1 Å². The molecule has 0 atom stereocenters. The minimum absolute atomic E-state index is 0.0152. The van der Waals surface area contributed by atoms with Crippen LogP contribution in [0.25, 0.3) is 5.65 Å². The van der Waals surface area contributed by atoms with Crippen LogP contribution in [-0.2, 0) is 7.05 Å². The third kappa shape index (κ3) is 2.16. The molecule has 0 saturated carbocycles. The van der Waals surface area contributed by atoms with E-state index in [1.54, 1.807) is 6.07 Å². The Labute approximate surface area is 118 Å². The molecule has 0 spiro atoms. The molecule has 2 aromatic rings. The first kappa shape index (κ1) is 13.4. The Morgan fingerprint density at radius 3 is 2.65 bits per heavy atom. The molecule has 0 amide bonds. The van der Waals surface area contributed by atoms with Crippen molar-refractivity contribution in [3.8, 4) is 0 Å². The quantitative estimate of drug-likeness (QED) is 0.905. The minimum atomic E-state index is -0.0152. The molecule has 5 heteroatoms. The molecular formula is C15H22N4O. The van der Waals surface area contributed by atoms with E-state index in [-0.39, 0.29) is 5.56 Å². The Balaban J connectivity index is 2.14. The summed E-state index contributed by atoms with van der Waals surface area (Å²) in [4.78, 5) is 12.3. The number of aryl methyl sites for hydroxylation is 1. The summed E-state index contributed by atoms with van der Waals surface area (Å²) in [6.45, 7) is 6.25. The van der Waals surface area contributed by atoms with Crippen LogP contribution in [-0.4, -0.2) is 27.3 Å². The Bertz CT molecular complexity index is 677. The SMILES string of the molecule is CC(C)c1cc2n(C)c(C3CCNCC3)cc(=O)n2n1. The molecule has 20 heavy (non-hydrogen) atoms. The maximum atomic E-state index is 12.3. The zero-order valence-corrected chi connectivity index (χ0v) is 12.4. The van der Waals surface area contributed by atoms with E-state index < -0.39 is 0 Å². The van der Waals surface area contributed by atoms with E-state index in [0.717, 1.165) is 43.0 Å². The molecule has 0 unspecified atom stereocenters. The molecule has 0 aromatic carbocycles. The minimum Gasteiger partial charge on any atom is -0.333 e. The molecular weight excluding hydrogens is 252 g/mol. The van der Waals surface area contributed by atoms with E-state index in [1.165, 1.54) is 4.52 Å². The van der Waals surface area contributed by atoms with Crippen molar-refractivity contribution >= 4 is 5.65 Å². The fourth-order valence-corrected chi connectivity index (χ4v) is 3.00. The highest BCUT2D eigenvalue weighted by molar-refractivity contribution is 5.43. The summed E-state index contributed by atoms with van der Waals surface area (Å²) in [5, 5.41) is 7.80. The van der Waals surface area contributed by atoms with Crippen LogP contribution in [0, 0.1) is 0 Å². The number of piperidine rings is 1. The Hall–Kier alpha value is -1.62. The first-order valence-corrected chi connectivity index (χ1v) is 7.38. The fraction of sp³-hybridized carbons (Fsp3) is 0.600. The number of hydrogen-bond acceptors (Lipinski definition) is 3. The zero-order valence-electron chi connectivity index (χ0n) is 12.4. The van der Waals surface area contributed by atoms with Crippen LogP contribution in [0.5, 0.6) is 0 Å². The normalized spacial score (nSPS) is 17.2. The molecule has 0 bridgehead atoms. The number of nitrogens with one attached hydrogen (secondary N) is 1. The number of hydrogen-bond donors (Lipinski definition) is 1. The second-order valence-corrected chi connectivity index (χ2v) is 5.98. The topological polar surface area (TPSA) is 51.3 Å². The second-order valence-electron chi connectivity index (χ2n) is 5.98. The molecule has 3 heterocycles. The van der Waals surface area contributed by atoms with Gasteiger partial charge in [-0.25, -0.2) is 0 Å². The lowest BCUT2D eigenvalue weighted by molar-refractivity contribution is 0.443. The van der Waals surface area contributed by atoms with Crippen LogP contribution < -0.4 is 10.9 Å². The summed E-state index contributed by atoms with van der Waals surface area (Å²) in [5.41, 5.74) is 2.99. The Morgan fingerprint density at radius 1 is 1.30 bits per heavy atom. The first-order chi connectivity index (χ1) is 9.58. The van der Waals surface area contributed by atoms with Gasteiger partial charge in [-0.2, -0.15) is 9.61 Å². The molecule has 5 nitrogen and oxygen atoms in total. The number of rotatable bonds is 2. The lowest BCUT2D eigenvalue weighted by atomic mass is 9.94. The molecule has 1 fully saturated rings. The van der Waals surface area contributed by atoms with Gasteiger partial charge in [0.1, 0.15) is 5.65 Å². The highest BCUT2D eigenvalue weighted by Crippen LogP contribution is 2.25. The van der Waals surface area contributed by atoms with Gasteiger partial charge >= 0.3 is 0 Å². The van der Waals surface area contributed by atoms with Gasteiger partial charge in [0.25, 0.3) is 5.56 Å². The van der Waals surface area contributed by atoms with Gasteiger partial charge in [-0.1, -0.05) is 13.8 Å². The van der Waals surface area contributed by atoms with Gasteiger partial charge in [0.15, 0.2) is 0 Å². The monoisotopic (exact) mass is 274 g/mol. The lowest BCUT2D eigenvalue weighted by Gasteiger charge is -2.25. The fourth-order valence-electron chi connectivity index (χ4n) is 3.00. The molecule has 1 N–H and O–H groups in total. The van der Waals surface area contributed by atoms with E-state index >= 15 is 0 Å². The van der Waals surface area contributed by atoms with Crippen LogP contribution in [0.2, 0.25) is 0 Å². The van der Waals surface area contributed by atoms with Crippen LogP contribution in [0.1, 0.15) is 49.9 Å². The van der Waals surface area contributed by atoms with E-state index in [4.69, 9.17) is 0 Å². The van der Waals surface area contributed by atoms with Crippen molar-refractivity contribution in [1.82, 2.24) is 19.5 Å². The zero-order chi connectivity index (χ0) is 14.3. The van der Waals surface area contributed by atoms with Crippen LogP contribution in [0.4, 0.5) is 0 Å². The van der Waals surface area contributed by atoms with Crippen molar-refractivity contribution in [2.75, 3.05) is 13.1 Å². The van der Waals surface area contributed by atoms with Gasteiger partial charge < -0.3 is 9.88 Å². The Kier molecular flexibility index (Phi) is 3.38. The number of nitrogens with zero attached hydrogens (tertiary/aromatic N) is 3. The van der Waals surface area contributed by atoms with Gasteiger partial charge in [-0.3, -0.25) is 4.79 Å².